The molecular formula is C12H19N3OS. The van der Waals surface area contributed by atoms with Crippen LogP contribution >= 0.6 is 11.8 Å². The van der Waals surface area contributed by atoms with E-state index in [1.165, 1.54) is 12.8 Å². The van der Waals surface area contributed by atoms with Crippen molar-refractivity contribution < 1.29 is 4.79 Å². The standard InChI is InChI=1S/C12H19N3OS/c1-3-17-11-6-4-5-9(11)13-12(16)10-7-8(2)14-15-10/h7,9,11H,3-6H2,1-2H3,(H,13,16)(H,14,15)/t9-,11+/m0/s1. The number of H-pyrrole nitrogens is 1. The van der Waals surface area contributed by atoms with Gasteiger partial charge in [0.05, 0.1) is 0 Å². The normalized spacial score (nSPS) is 23.9. The van der Waals surface area contributed by atoms with Gasteiger partial charge in [-0.05, 0) is 31.6 Å². The van der Waals surface area contributed by atoms with Gasteiger partial charge in [0, 0.05) is 17.0 Å². The van der Waals surface area contributed by atoms with Crippen LogP contribution in [0.2, 0.25) is 0 Å². The van der Waals surface area contributed by atoms with E-state index in [2.05, 4.69) is 22.4 Å². The van der Waals surface area contributed by atoms with Crippen LogP contribution in [-0.2, 0) is 0 Å². The van der Waals surface area contributed by atoms with E-state index in [0.717, 1.165) is 17.9 Å². The molecule has 0 spiro atoms. The zero-order chi connectivity index (χ0) is 12.3. The maximum absolute atomic E-state index is 12.0. The maximum atomic E-state index is 12.0. The lowest BCUT2D eigenvalue weighted by atomic mass is 10.2. The molecule has 0 aliphatic heterocycles. The quantitative estimate of drug-likeness (QED) is 0.864. The van der Waals surface area contributed by atoms with Gasteiger partial charge in [-0.2, -0.15) is 16.9 Å². The van der Waals surface area contributed by atoms with Crippen LogP contribution < -0.4 is 5.32 Å². The van der Waals surface area contributed by atoms with E-state index in [1.54, 1.807) is 6.07 Å². The van der Waals surface area contributed by atoms with Crippen LogP contribution in [0.3, 0.4) is 0 Å². The lowest BCUT2D eigenvalue weighted by Gasteiger charge is -2.19. The molecule has 0 bridgehead atoms. The van der Waals surface area contributed by atoms with Crippen molar-refractivity contribution in [1.29, 1.82) is 0 Å². The Bertz CT molecular complexity index is 391. The Morgan fingerprint density at radius 2 is 2.47 bits per heavy atom. The number of aromatic amines is 1. The highest BCUT2D eigenvalue weighted by Crippen LogP contribution is 2.29. The molecule has 1 aliphatic carbocycles. The van der Waals surface area contributed by atoms with Gasteiger partial charge in [0.25, 0.3) is 5.91 Å². The summed E-state index contributed by atoms with van der Waals surface area (Å²) in [5.41, 5.74) is 1.41. The molecule has 94 valence electrons. The van der Waals surface area contributed by atoms with Crippen LogP contribution in [0.15, 0.2) is 6.07 Å². The van der Waals surface area contributed by atoms with Gasteiger partial charge >= 0.3 is 0 Å². The monoisotopic (exact) mass is 253 g/mol. The average molecular weight is 253 g/mol. The highest BCUT2D eigenvalue weighted by atomic mass is 32.2. The number of thioether (sulfide) groups is 1. The van der Waals surface area contributed by atoms with Gasteiger partial charge < -0.3 is 5.32 Å². The summed E-state index contributed by atoms with van der Waals surface area (Å²) in [6.45, 7) is 4.06. The molecule has 17 heavy (non-hydrogen) atoms. The van der Waals surface area contributed by atoms with Crippen molar-refractivity contribution in [2.75, 3.05) is 5.75 Å². The van der Waals surface area contributed by atoms with Crippen LogP contribution in [0.1, 0.15) is 42.4 Å². The Kier molecular flexibility index (Phi) is 4.10. The van der Waals surface area contributed by atoms with Gasteiger partial charge in [-0.3, -0.25) is 9.89 Å². The number of hydrogen-bond donors (Lipinski definition) is 2. The van der Waals surface area contributed by atoms with Crippen molar-refractivity contribution in [3.05, 3.63) is 17.5 Å². The second-order valence-corrected chi connectivity index (χ2v) is 5.96. The summed E-state index contributed by atoms with van der Waals surface area (Å²) in [5, 5.41) is 10.5. The lowest BCUT2D eigenvalue weighted by molar-refractivity contribution is 0.0933. The summed E-state index contributed by atoms with van der Waals surface area (Å²) in [7, 11) is 0. The number of aryl methyl sites for hydroxylation is 1. The third-order valence-electron chi connectivity index (χ3n) is 3.09. The second-order valence-electron chi connectivity index (χ2n) is 4.44. The highest BCUT2D eigenvalue weighted by molar-refractivity contribution is 7.99. The molecule has 0 saturated heterocycles. The number of hydrogen-bond acceptors (Lipinski definition) is 3. The fourth-order valence-corrected chi connectivity index (χ4v) is 3.48. The summed E-state index contributed by atoms with van der Waals surface area (Å²) >= 11 is 1.95. The van der Waals surface area contributed by atoms with Gasteiger partial charge in [0.2, 0.25) is 0 Å². The Balaban J connectivity index is 1.94. The van der Waals surface area contributed by atoms with Crippen molar-refractivity contribution in [3.63, 3.8) is 0 Å². The van der Waals surface area contributed by atoms with Gasteiger partial charge in [0.15, 0.2) is 0 Å². The van der Waals surface area contributed by atoms with Crippen molar-refractivity contribution in [3.8, 4) is 0 Å². The van der Waals surface area contributed by atoms with E-state index < -0.39 is 0 Å². The summed E-state index contributed by atoms with van der Waals surface area (Å²) in [6.07, 6.45) is 3.51. The number of nitrogens with zero attached hydrogens (tertiary/aromatic N) is 1. The van der Waals surface area contributed by atoms with E-state index >= 15 is 0 Å². The molecule has 2 N–H and O–H groups in total. The first-order valence-electron chi connectivity index (χ1n) is 6.15. The number of amides is 1. The number of nitrogens with one attached hydrogen (secondary N) is 2. The second kappa shape index (κ2) is 5.58. The lowest BCUT2D eigenvalue weighted by Crippen LogP contribution is -2.39. The summed E-state index contributed by atoms with van der Waals surface area (Å²) < 4.78 is 0. The topological polar surface area (TPSA) is 57.8 Å². The smallest absolute Gasteiger partial charge is 0.272 e. The average Bonchev–Trinajstić information content (AvgIpc) is 2.89. The van der Waals surface area contributed by atoms with Crippen LogP contribution in [0, 0.1) is 6.92 Å². The fourth-order valence-electron chi connectivity index (χ4n) is 2.28. The van der Waals surface area contributed by atoms with Gasteiger partial charge in [0.1, 0.15) is 5.69 Å². The molecule has 0 aromatic carbocycles. The van der Waals surface area contributed by atoms with Gasteiger partial charge in [-0.1, -0.05) is 13.3 Å². The number of rotatable bonds is 4. The van der Waals surface area contributed by atoms with Crippen molar-refractivity contribution in [2.24, 2.45) is 0 Å². The van der Waals surface area contributed by atoms with E-state index in [4.69, 9.17) is 0 Å². The van der Waals surface area contributed by atoms with E-state index in [0.29, 0.717) is 17.0 Å². The minimum atomic E-state index is -0.0528. The number of aromatic nitrogens is 2. The predicted octanol–water partition coefficient (Wildman–Crippen LogP) is 2.12. The predicted molar refractivity (Wildman–Crippen MR) is 70.3 cm³/mol. The van der Waals surface area contributed by atoms with E-state index in [9.17, 15) is 4.79 Å². The first-order valence-corrected chi connectivity index (χ1v) is 7.20. The minimum Gasteiger partial charge on any atom is -0.347 e. The Labute approximate surface area is 106 Å². The van der Waals surface area contributed by atoms with E-state index in [1.807, 2.05) is 18.7 Å². The van der Waals surface area contributed by atoms with Crippen molar-refractivity contribution in [1.82, 2.24) is 15.5 Å². The molecule has 1 saturated carbocycles. The van der Waals surface area contributed by atoms with Gasteiger partial charge in [-0.15, -0.1) is 0 Å². The molecule has 1 aliphatic rings. The number of carbonyl (C=O) groups is 1. The summed E-state index contributed by atoms with van der Waals surface area (Å²) in [6, 6.07) is 2.09. The molecular weight excluding hydrogens is 234 g/mol. The molecule has 1 amide bonds. The molecule has 1 fully saturated rings. The summed E-state index contributed by atoms with van der Waals surface area (Å²) in [4.78, 5) is 12.0. The zero-order valence-electron chi connectivity index (χ0n) is 10.3. The summed E-state index contributed by atoms with van der Waals surface area (Å²) in [5.74, 6) is 1.06. The first kappa shape index (κ1) is 12.5. The zero-order valence-corrected chi connectivity index (χ0v) is 11.1. The van der Waals surface area contributed by atoms with E-state index in [-0.39, 0.29) is 5.91 Å². The Morgan fingerprint density at radius 3 is 3.12 bits per heavy atom. The first-order chi connectivity index (χ1) is 8.20. The third kappa shape index (κ3) is 3.03. The molecule has 0 radical (unpaired) electrons. The highest BCUT2D eigenvalue weighted by Gasteiger charge is 2.29. The third-order valence-corrected chi connectivity index (χ3v) is 4.41. The fraction of sp³-hybridized carbons (Fsp3) is 0.667. The molecule has 2 atom stereocenters. The molecule has 1 aromatic heterocycles. The minimum absolute atomic E-state index is 0.0528. The Morgan fingerprint density at radius 1 is 1.65 bits per heavy atom. The SMILES string of the molecule is CCS[C@@H]1CCC[C@@H]1NC(=O)c1cc(C)[nH]n1. The molecule has 1 heterocycles. The molecule has 2 rings (SSSR count). The van der Waals surface area contributed by atoms with Crippen LogP contribution in [0.5, 0.6) is 0 Å². The van der Waals surface area contributed by atoms with Crippen LogP contribution in [0.25, 0.3) is 0 Å². The molecule has 5 heteroatoms. The molecule has 4 nitrogen and oxygen atoms in total. The Hall–Kier alpha value is -0.970. The number of carbonyl (C=O) groups excluding carboxylic acids is 1. The van der Waals surface area contributed by atoms with Crippen molar-refractivity contribution in [2.45, 2.75) is 44.4 Å². The van der Waals surface area contributed by atoms with Crippen LogP contribution in [0.4, 0.5) is 0 Å². The van der Waals surface area contributed by atoms with Gasteiger partial charge in [-0.25, -0.2) is 0 Å². The molecule has 0 unspecified atom stereocenters. The van der Waals surface area contributed by atoms with Crippen LogP contribution in [-0.4, -0.2) is 33.1 Å². The largest absolute Gasteiger partial charge is 0.347 e. The molecule has 1 aromatic rings. The van der Waals surface area contributed by atoms with Crippen molar-refractivity contribution >= 4 is 17.7 Å². The maximum Gasteiger partial charge on any atom is 0.272 e.